The summed E-state index contributed by atoms with van der Waals surface area (Å²) in [6.07, 6.45) is 0. The average molecular weight is 268 g/mol. The molecule has 1 fully saturated rings. The van der Waals surface area contributed by atoms with E-state index in [1.54, 1.807) is 12.0 Å². The van der Waals surface area contributed by atoms with Gasteiger partial charge in [0.15, 0.2) is 0 Å². The van der Waals surface area contributed by atoms with Gasteiger partial charge in [-0.05, 0) is 17.7 Å². The number of nitrogens with two attached hydrogens (primary N) is 1. The van der Waals surface area contributed by atoms with E-state index in [0.29, 0.717) is 0 Å². The summed E-state index contributed by atoms with van der Waals surface area (Å²) in [7, 11) is 1.61. The van der Waals surface area contributed by atoms with E-state index in [-0.39, 0.29) is 11.9 Å². The van der Waals surface area contributed by atoms with Gasteiger partial charge in [0.05, 0.1) is 13.2 Å². The summed E-state index contributed by atoms with van der Waals surface area (Å²) in [4.78, 5) is 13.8. The van der Waals surface area contributed by atoms with Gasteiger partial charge in [-0.15, -0.1) is 0 Å². The number of β-lactam (4-membered cyclic amide) rings is 1. The number of nitrogens with zero attached hydrogens (tertiary/aromatic N) is 1. The topological polar surface area (TPSA) is 55.6 Å². The fraction of sp³-hybridized carbons (Fsp3) is 0.188. The molecule has 0 aromatic heterocycles. The SMILES string of the molecule is COc1cccc(N2C(=O)[C@H](N)[C@H]2c2ccccc2)c1. The summed E-state index contributed by atoms with van der Waals surface area (Å²) in [6.45, 7) is 0. The number of methoxy groups -OCH3 is 1. The molecule has 1 aliphatic heterocycles. The number of amides is 1. The maximum absolute atomic E-state index is 12.1. The van der Waals surface area contributed by atoms with E-state index in [1.165, 1.54) is 0 Å². The molecule has 0 saturated carbocycles. The summed E-state index contributed by atoms with van der Waals surface area (Å²) in [5, 5.41) is 0. The van der Waals surface area contributed by atoms with E-state index in [0.717, 1.165) is 17.0 Å². The molecule has 1 saturated heterocycles. The minimum absolute atomic E-state index is 0.0629. The Bertz CT molecular complexity index is 627. The Labute approximate surface area is 117 Å². The molecule has 20 heavy (non-hydrogen) atoms. The number of ether oxygens (including phenoxy) is 1. The molecule has 2 aromatic carbocycles. The van der Waals surface area contributed by atoms with Gasteiger partial charge in [-0.1, -0.05) is 36.4 Å². The third kappa shape index (κ3) is 1.94. The zero-order valence-electron chi connectivity index (χ0n) is 11.2. The van der Waals surface area contributed by atoms with Gasteiger partial charge in [0.2, 0.25) is 5.91 Å². The molecule has 2 aromatic rings. The molecule has 4 heteroatoms. The molecule has 2 atom stereocenters. The minimum atomic E-state index is -0.483. The lowest BCUT2D eigenvalue weighted by Crippen LogP contribution is -2.63. The van der Waals surface area contributed by atoms with Crippen LogP contribution in [0.25, 0.3) is 0 Å². The molecule has 0 bridgehead atoms. The van der Waals surface area contributed by atoms with Crippen molar-refractivity contribution in [2.24, 2.45) is 5.73 Å². The molecule has 102 valence electrons. The van der Waals surface area contributed by atoms with Crippen molar-refractivity contribution >= 4 is 11.6 Å². The zero-order valence-corrected chi connectivity index (χ0v) is 11.2. The van der Waals surface area contributed by atoms with Gasteiger partial charge in [-0.2, -0.15) is 0 Å². The Morgan fingerprint density at radius 3 is 2.55 bits per heavy atom. The summed E-state index contributed by atoms with van der Waals surface area (Å²) in [6, 6.07) is 16.7. The smallest absolute Gasteiger partial charge is 0.247 e. The number of carbonyl (C=O) groups excluding carboxylic acids is 1. The Balaban J connectivity index is 1.97. The molecular weight excluding hydrogens is 252 g/mol. The van der Waals surface area contributed by atoms with Crippen molar-refractivity contribution in [1.29, 1.82) is 0 Å². The van der Waals surface area contributed by atoms with Gasteiger partial charge in [0.1, 0.15) is 11.8 Å². The first-order valence-corrected chi connectivity index (χ1v) is 6.50. The molecule has 1 aliphatic rings. The first kappa shape index (κ1) is 12.7. The number of carbonyl (C=O) groups is 1. The van der Waals surface area contributed by atoms with Crippen molar-refractivity contribution in [2.75, 3.05) is 12.0 Å². The van der Waals surface area contributed by atoms with Crippen LogP contribution in [0, 0.1) is 0 Å². The Morgan fingerprint density at radius 2 is 1.85 bits per heavy atom. The lowest BCUT2D eigenvalue weighted by molar-refractivity contribution is -0.126. The van der Waals surface area contributed by atoms with Gasteiger partial charge in [-0.3, -0.25) is 4.79 Å². The van der Waals surface area contributed by atoms with Crippen LogP contribution in [0.2, 0.25) is 0 Å². The van der Waals surface area contributed by atoms with E-state index in [9.17, 15) is 4.79 Å². The second kappa shape index (κ2) is 4.98. The summed E-state index contributed by atoms with van der Waals surface area (Å²) in [5.41, 5.74) is 7.83. The van der Waals surface area contributed by atoms with Crippen molar-refractivity contribution in [3.8, 4) is 5.75 Å². The van der Waals surface area contributed by atoms with Crippen LogP contribution in [0.15, 0.2) is 54.6 Å². The predicted octanol–water partition coefficient (Wildman–Crippen LogP) is 2.11. The first-order chi connectivity index (χ1) is 9.72. The molecule has 0 radical (unpaired) electrons. The van der Waals surface area contributed by atoms with Crippen LogP contribution in [-0.2, 0) is 4.79 Å². The number of benzene rings is 2. The largest absolute Gasteiger partial charge is 0.497 e. The highest BCUT2D eigenvalue weighted by Gasteiger charge is 2.46. The number of anilines is 1. The monoisotopic (exact) mass is 268 g/mol. The Morgan fingerprint density at radius 1 is 1.10 bits per heavy atom. The second-order valence-corrected chi connectivity index (χ2v) is 4.79. The maximum Gasteiger partial charge on any atom is 0.247 e. The van der Waals surface area contributed by atoms with E-state index in [2.05, 4.69) is 0 Å². The van der Waals surface area contributed by atoms with Crippen LogP contribution in [0.5, 0.6) is 5.75 Å². The summed E-state index contributed by atoms with van der Waals surface area (Å²) >= 11 is 0. The molecule has 1 amide bonds. The number of hydrogen-bond donors (Lipinski definition) is 1. The maximum atomic E-state index is 12.1. The van der Waals surface area contributed by atoms with E-state index >= 15 is 0 Å². The predicted molar refractivity (Wildman–Crippen MR) is 77.6 cm³/mol. The van der Waals surface area contributed by atoms with Crippen LogP contribution in [0.3, 0.4) is 0 Å². The normalized spacial score (nSPS) is 21.5. The fourth-order valence-electron chi connectivity index (χ4n) is 2.57. The average Bonchev–Trinajstić information content (AvgIpc) is 2.52. The zero-order chi connectivity index (χ0) is 14.1. The first-order valence-electron chi connectivity index (χ1n) is 6.50. The second-order valence-electron chi connectivity index (χ2n) is 4.79. The highest BCUT2D eigenvalue weighted by molar-refractivity contribution is 6.05. The van der Waals surface area contributed by atoms with Crippen LogP contribution >= 0.6 is 0 Å². The van der Waals surface area contributed by atoms with Gasteiger partial charge >= 0.3 is 0 Å². The highest BCUT2D eigenvalue weighted by atomic mass is 16.5. The summed E-state index contributed by atoms with van der Waals surface area (Å²) < 4.78 is 5.21. The molecule has 0 aliphatic carbocycles. The van der Waals surface area contributed by atoms with Crippen LogP contribution in [0.4, 0.5) is 5.69 Å². The van der Waals surface area contributed by atoms with Crippen molar-refractivity contribution in [1.82, 2.24) is 0 Å². The molecular formula is C16H16N2O2. The Hall–Kier alpha value is -2.33. The third-order valence-corrected chi connectivity index (χ3v) is 3.61. The van der Waals surface area contributed by atoms with Crippen LogP contribution < -0.4 is 15.4 Å². The quantitative estimate of drug-likeness (QED) is 0.867. The highest BCUT2D eigenvalue weighted by Crippen LogP contribution is 2.38. The fourth-order valence-corrected chi connectivity index (χ4v) is 2.57. The Kier molecular flexibility index (Phi) is 3.16. The summed E-state index contributed by atoms with van der Waals surface area (Å²) in [5.74, 6) is 0.662. The molecule has 3 rings (SSSR count). The van der Waals surface area contributed by atoms with Crippen molar-refractivity contribution in [2.45, 2.75) is 12.1 Å². The molecule has 1 heterocycles. The van der Waals surface area contributed by atoms with Crippen molar-refractivity contribution in [3.63, 3.8) is 0 Å². The number of hydrogen-bond acceptors (Lipinski definition) is 3. The minimum Gasteiger partial charge on any atom is -0.497 e. The molecule has 0 unspecified atom stereocenters. The van der Waals surface area contributed by atoms with E-state index < -0.39 is 6.04 Å². The number of rotatable bonds is 3. The van der Waals surface area contributed by atoms with Crippen molar-refractivity contribution < 1.29 is 9.53 Å². The lowest BCUT2D eigenvalue weighted by Gasteiger charge is -2.45. The third-order valence-electron chi connectivity index (χ3n) is 3.61. The van der Waals surface area contributed by atoms with Gasteiger partial charge < -0.3 is 15.4 Å². The van der Waals surface area contributed by atoms with Gasteiger partial charge in [0, 0.05) is 11.8 Å². The van der Waals surface area contributed by atoms with Crippen LogP contribution in [0.1, 0.15) is 11.6 Å². The molecule has 2 N–H and O–H groups in total. The van der Waals surface area contributed by atoms with Crippen molar-refractivity contribution in [3.05, 3.63) is 60.2 Å². The van der Waals surface area contributed by atoms with Crippen LogP contribution in [-0.4, -0.2) is 19.1 Å². The molecule has 0 spiro atoms. The standard InChI is InChI=1S/C16H16N2O2/c1-20-13-9-5-8-12(10-13)18-15(14(17)16(18)19)11-6-3-2-4-7-11/h2-10,14-15H,17H2,1H3/t14-,15-/m1/s1. The van der Waals surface area contributed by atoms with E-state index in [4.69, 9.17) is 10.5 Å². The van der Waals surface area contributed by atoms with Gasteiger partial charge in [0.25, 0.3) is 0 Å². The lowest BCUT2D eigenvalue weighted by atomic mass is 9.88. The molecule has 4 nitrogen and oxygen atoms in total. The van der Waals surface area contributed by atoms with E-state index in [1.807, 2.05) is 54.6 Å². The van der Waals surface area contributed by atoms with Gasteiger partial charge in [-0.25, -0.2) is 0 Å².